The fraction of sp³-hybridized carbons (Fsp3) is 0. The molecule has 2 heterocycles. The molecule has 13 heavy (non-hydrogen) atoms. The first kappa shape index (κ1) is 7.56. The van der Waals surface area contributed by atoms with Gasteiger partial charge in [0.15, 0.2) is 0 Å². The van der Waals surface area contributed by atoms with Crippen molar-refractivity contribution in [2.24, 2.45) is 0 Å². The minimum atomic E-state index is 0.767. The van der Waals surface area contributed by atoms with Crippen LogP contribution in [0.25, 0.3) is 0 Å². The fourth-order valence-electron chi connectivity index (χ4n) is 0.892. The molecule has 0 radical (unpaired) electrons. The quantitative estimate of drug-likeness (QED) is 0.602. The Morgan fingerprint density at radius 1 is 1.23 bits per heavy atom. The fourth-order valence-corrected chi connectivity index (χ4v) is 0.892. The predicted molar refractivity (Wildman–Crippen MR) is 48.8 cm³/mol. The molecule has 3 nitrogen and oxygen atoms in total. The smallest absolute Gasteiger partial charge is 0.113 e. The van der Waals surface area contributed by atoms with Crippen LogP contribution in [-0.2, 0) is 0 Å². The lowest BCUT2D eigenvalue weighted by Gasteiger charge is -1.84. The second-order valence-electron chi connectivity index (χ2n) is 2.45. The minimum Gasteiger partial charge on any atom is -0.284 e. The molecule has 62 valence electrons. The van der Waals surface area contributed by atoms with Crippen LogP contribution in [0.1, 0.15) is 11.3 Å². The normalized spacial score (nSPS) is 8.92. The van der Waals surface area contributed by atoms with Gasteiger partial charge in [-0.2, -0.15) is 5.10 Å². The first-order valence-corrected chi connectivity index (χ1v) is 3.87. The Labute approximate surface area is 75.8 Å². The van der Waals surface area contributed by atoms with Gasteiger partial charge in [0.05, 0.1) is 11.8 Å². The number of rotatable bonds is 0. The molecule has 2 aromatic rings. The maximum Gasteiger partial charge on any atom is 0.113 e. The highest BCUT2D eigenvalue weighted by molar-refractivity contribution is 5.37. The van der Waals surface area contributed by atoms with Crippen LogP contribution in [0.4, 0.5) is 0 Å². The third-order valence-corrected chi connectivity index (χ3v) is 1.50. The Morgan fingerprint density at radius 3 is 2.92 bits per heavy atom. The monoisotopic (exact) mass is 169 g/mol. The van der Waals surface area contributed by atoms with E-state index in [1.165, 1.54) is 0 Å². The van der Waals surface area contributed by atoms with E-state index in [1.54, 1.807) is 18.6 Å². The van der Waals surface area contributed by atoms with E-state index in [1.807, 2.05) is 18.2 Å². The van der Waals surface area contributed by atoms with E-state index in [9.17, 15) is 0 Å². The van der Waals surface area contributed by atoms with Gasteiger partial charge in [-0.25, -0.2) is 4.98 Å². The zero-order chi connectivity index (χ0) is 8.93. The van der Waals surface area contributed by atoms with Crippen molar-refractivity contribution in [3.63, 3.8) is 0 Å². The molecule has 0 saturated carbocycles. The number of H-pyrrole nitrogens is 1. The van der Waals surface area contributed by atoms with Crippen molar-refractivity contribution < 1.29 is 0 Å². The maximum atomic E-state index is 4.07. The lowest BCUT2D eigenvalue weighted by molar-refractivity contribution is 1.09. The summed E-state index contributed by atoms with van der Waals surface area (Å²) < 4.78 is 0. The van der Waals surface area contributed by atoms with E-state index in [-0.39, 0.29) is 0 Å². The van der Waals surface area contributed by atoms with Crippen molar-refractivity contribution in [1.29, 1.82) is 0 Å². The SMILES string of the molecule is C(#Cc1ccccn1)c1cn[nH]c1. The first-order valence-electron chi connectivity index (χ1n) is 3.87. The molecule has 3 heteroatoms. The second kappa shape index (κ2) is 3.55. The van der Waals surface area contributed by atoms with Crippen molar-refractivity contribution in [3.8, 4) is 11.8 Å². The Morgan fingerprint density at radius 2 is 2.23 bits per heavy atom. The van der Waals surface area contributed by atoms with Gasteiger partial charge in [0, 0.05) is 12.4 Å². The summed E-state index contributed by atoms with van der Waals surface area (Å²) in [5.74, 6) is 5.86. The van der Waals surface area contributed by atoms with E-state index in [0.29, 0.717) is 0 Å². The predicted octanol–water partition coefficient (Wildman–Crippen LogP) is 1.20. The Balaban J connectivity index is 2.23. The summed E-state index contributed by atoms with van der Waals surface area (Å²) in [6.07, 6.45) is 5.14. The van der Waals surface area contributed by atoms with Crippen LogP contribution in [-0.4, -0.2) is 15.2 Å². The largest absolute Gasteiger partial charge is 0.284 e. The maximum absolute atomic E-state index is 4.07. The zero-order valence-corrected chi connectivity index (χ0v) is 6.86. The van der Waals surface area contributed by atoms with Gasteiger partial charge in [0.2, 0.25) is 0 Å². The molecule has 2 rings (SSSR count). The Hall–Kier alpha value is -2.08. The molecule has 0 fully saturated rings. The van der Waals surface area contributed by atoms with E-state index in [0.717, 1.165) is 11.3 Å². The molecule has 0 spiro atoms. The number of pyridine rings is 1. The number of aromatic nitrogens is 3. The minimum absolute atomic E-state index is 0.767. The van der Waals surface area contributed by atoms with Gasteiger partial charge < -0.3 is 0 Å². The van der Waals surface area contributed by atoms with Gasteiger partial charge in [0.25, 0.3) is 0 Å². The van der Waals surface area contributed by atoms with Gasteiger partial charge >= 0.3 is 0 Å². The molecule has 0 atom stereocenters. The summed E-state index contributed by atoms with van der Waals surface area (Å²) in [4.78, 5) is 4.07. The summed E-state index contributed by atoms with van der Waals surface area (Å²) in [5.41, 5.74) is 1.63. The van der Waals surface area contributed by atoms with Crippen LogP contribution in [0.5, 0.6) is 0 Å². The van der Waals surface area contributed by atoms with Crippen molar-refractivity contribution in [1.82, 2.24) is 15.2 Å². The number of hydrogen-bond acceptors (Lipinski definition) is 2. The van der Waals surface area contributed by atoms with Crippen molar-refractivity contribution in [2.45, 2.75) is 0 Å². The molecular formula is C10H7N3. The summed E-state index contributed by atoms with van der Waals surface area (Å²) in [7, 11) is 0. The van der Waals surface area contributed by atoms with Gasteiger partial charge in [0.1, 0.15) is 5.69 Å². The number of nitrogens with one attached hydrogen (secondary N) is 1. The summed E-state index contributed by atoms with van der Waals surface area (Å²) in [5, 5.41) is 6.48. The molecule has 0 amide bonds. The second-order valence-corrected chi connectivity index (χ2v) is 2.45. The van der Waals surface area contributed by atoms with E-state index >= 15 is 0 Å². The highest BCUT2D eigenvalue weighted by atomic mass is 15.1. The van der Waals surface area contributed by atoms with E-state index < -0.39 is 0 Å². The highest BCUT2D eigenvalue weighted by Gasteiger charge is 1.86. The van der Waals surface area contributed by atoms with E-state index in [4.69, 9.17) is 0 Å². The third-order valence-electron chi connectivity index (χ3n) is 1.50. The van der Waals surface area contributed by atoms with Gasteiger partial charge in [-0.15, -0.1) is 0 Å². The number of aromatic amines is 1. The molecular weight excluding hydrogens is 162 g/mol. The lowest BCUT2D eigenvalue weighted by Crippen LogP contribution is -1.78. The van der Waals surface area contributed by atoms with Gasteiger partial charge in [-0.05, 0) is 18.1 Å². The van der Waals surface area contributed by atoms with Crippen molar-refractivity contribution in [2.75, 3.05) is 0 Å². The molecule has 0 saturated heterocycles. The lowest BCUT2D eigenvalue weighted by atomic mass is 10.3. The number of hydrogen-bond donors (Lipinski definition) is 1. The Kier molecular flexibility index (Phi) is 2.06. The van der Waals surface area contributed by atoms with Gasteiger partial charge in [-0.1, -0.05) is 12.0 Å². The third kappa shape index (κ3) is 1.94. The van der Waals surface area contributed by atoms with Crippen molar-refractivity contribution in [3.05, 3.63) is 48.0 Å². The molecule has 0 aliphatic carbocycles. The molecule has 1 N–H and O–H groups in total. The van der Waals surface area contributed by atoms with Crippen molar-refractivity contribution >= 4 is 0 Å². The van der Waals surface area contributed by atoms with Crippen LogP contribution >= 0.6 is 0 Å². The molecule has 0 aromatic carbocycles. The van der Waals surface area contributed by atoms with E-state index in [2.05, 4.69) is 27.0 Å². The highest BCUT2D eigenvalue weighted by Crippen LogP contribution is 1.92. The molecule has 0 unspecified atom stereocenters. The summed E-state index contributed by atoms with van der Waals surface area (Å²) >= 11 is 0. The average Bonchev–Trinajstić information content (AvgIpc) is 2.69. The number of nitrogens with zero attached hydrogens (tertiary/aromatic N) is 2. The Bertz CT molecular complexity index is 420. The topological polar surface area (TPSA) is 41.6 Å². The van der Waals surface area contributed by atoms with Crippen LogP contribution in [0.3, 0.4) is 0 Å². The first-order chi connectivity index (χ1) is 6.45. The molecule has 0 aliphatic rings. The van der Waals surface area contributed by atoms with Crippen LogP contribution in [0, 0.1) is 11.8 Å². The van der Waals surface area contributed by atoms with Crippen LogP contribution in [0.15, 0.2) is 36.8 Å². The molecule has 2 aromatic heterocycles. The van der Waals surface area contributed by atoms with Crippen LogP contribution in [0.2, 0.25) is 0 Å². The standard InChI is InChI=1S/C10H7N3/c1-2-6-11-10(3-1)5-4-9-7-12-13-8-9/h1-3,6-8H,(H,12,13). The molecule has 0 bridgehead atoms. The average molecular weight is 169 g/mol. The van der Waals surface area contributed by atoms with Gasteiger partial charge in [-0.3, -0.25) is 5.10 Å². The summed E-state index contributed by atoms with van der Waals surface area (Å²) in [6, 6.07) is 5.64. The summed E-state index contributed by atoms with van der Waals surface area (Å²) in [6.45, 7) is 0. The molecule has 0 aliphatic heterocycles. The zero-order valence-electron chi connectivity index (χ0n) is 6.86. The van der Waals surface area contributed by atoms with Crippen LogP contribution < -0.4 is 0 Å².